The van der Waals surface area contributed by atoms with Crippen LogP contribution >= 0.6 is 0 Å². The zero-order chi connectivity index (χ0) is 19.1. The molecule has 2 heterocycles. The first-order valence-corrected chi connectivity index (χ1v) is 8.53. The summed E-state index contributed by atoms with van der Waals surface area (Å²) in [4.78, 5) is 28.1. The molecule has 4 rings (SSSR count). The number of aromatic nitrogens is 2. The highest BCUT2D eigenvalue weighted by molar-refractivity contribution is 6.00. The molecule has 0 bridgehead atoms. The maximum atomic E-state index is 12.2. The maximum Gasteiger partial charge on any atom is 0.230 e. The van der Waals surface area contributed by atoms with Crippen LogP contribution in [0.2, 0.25) is 0 Å². The summed E-state index contributed by atoms with van der Waals surface area (Å²) in [6, 6.07) is 10.6. The number of carbonyl (C=O) groups excluding carboxylic acids is 1. The number of fused-ring (bicyclic) bond motifs is 1. The summed E-state index contributed by atoms with van der Waals surface area (Å²) in [5, 5.41) is 13.2. The number of aryl methyl sites for hydroxylation is 1. The normalized spacial score (nSPS) is 18.1. The van der Waals surface area contributed by atoms with E-state index in [2.05, 4.69) is 16.4 Å². The minimum atomic E-state index is -0.261. The van der Waals surface area contributed by atoms with Gasteiger partial charge in [-0.15, -0.1) is 0 Å². The van der Waals surface area contributed by atoms with E-state index >= 15 is 0 Å². The summed E-state index contributed by atoms with van der Waals surface area (Å²) < 4.78 is 1.85. The molecule has 1 aromatic carbocycles. The predicted octanol–water partition coefficient (Wildman–Crippen LogP) is 2.28. The summed E-state index contributed by atoms with van der Waals surface area (Å²) in [7, 11) is 1.86. The molecule has 2 aromatic heterocycles. The van der Waals surface area contributed by atoms with Crippen molar-refractivity contribution in [2.24, 2.45) is 18.9 Å². The molecular formula is C20H17N5O2. The van der Waals surface area contributed by atoms with Crippen LogP contribution in [0.4, 0.5) is 11.5 Å². The third kappa shape index (κ3) is 3.13. The second-order valence-corrected chi connectivity index (χ2v) is 6.78. The van der Waals surface area contributed by atoms with Crippen molar-refractivity contribution >= 4 is 28.2 Å². The number of rotatable bonds is 3. The van der Waals surface area contributed by atoms with Gasteiger partial charge in [0.15, 0.2) is 5.43 Å². The average Bonchev–Trinajstić information content (AvgIpc) is 3.43. The Morgan fingerprint density at radius 3 is 2.93 bits per heavy atom. The minimum Gasteiger partial charge on any atom is -0.398 e. The van der Waals surface area contributed by atoms with Gasteiger partial charge in [-0.25, -0.2) is 4.98 Å². The Morgan fingerprint density at radius 1 is 1.37 bits per heavy atom. The summed E-state index contributed by atoms with van der Waals surface area (Å²) in [6.07, 6.45) is 3.91. The molecule has 1 aliphatic carbocycles. The Kier molecular flexibility index (Phi) is 3.89. The van der Waals surface area contributed by atoms with Gasteiger partial charge in [0.05, 0.1) is 23.6 Å². The first kappa shape index (κ1) is 16.8. The second-order valence-electron chi connectivity index (χ2n) is 6.78. The quantitative estimate of drug-likeness (QED) is 0.696. The van der Waals surface area contributed by atoms with E-state index in [1.807, 2.05) is 17.7 Å². The van der Waals surface area contributed by atoms with E-state index in [9.17, 15) is 9.59 Å². The van der Waals surface area contributed by atoms with E-state index in [0.29, 0.717) is 17.9 Å². The average molecular weight is 359 g/mol. The van der Waals surface area contributed by atoms with Crippen molar-refractivity contribution in [2.45, 2.75) is 6.42 Å². The van der Waals surface area contributed by atoms with Crippen LogP contribution in [0.3, 0.4) is 0 Å². The van der Waals surface area contributed by atoms with E-state index in [4.69, 9.17) is 11.0 Å². The molecule has 0 unspecified atom stereocenters. The topological polar surface area (TPSA) is 114 Å². The molecular weight excluding hydrogens is 342 g/mol. The van der Waals surface area contributed by atoms with Crippen molar-refractivity contribution in [3.05, 3.63) is 52.9 Å². The second kappa shape index (κ2) is 6.25. The largest absolute Gasteiger partial charge is 0.398 e. The highest BCUT2D eigenvalue weighted by Gasteiger charge is 2.43. The fourth-order valence-electron chi connectivity index (χ4n) is 3.19. The van der Waals surface area contributed by atoms with Gasteiger partial charge in [-0.05, 0) is 30.0 Å². The number of benzene rings is 1. The number of carbonyl (C=O) groups is 1. The SMILES string of the molecule is Cn1ccc(=O)cc1-c1cc(N)c2cnc(NC(=O)[C@@H]3C[C@H]3C#N)cc2c1. The van der Waals surface area contributed by atoms with Crippen molar-refractivity contribution in [3.8, 4) is 17.3 Å². The van der Waals surface area contributed by atoms with Gasteiger partial charge in [0.25, 0.3) is 0 Å². The summed E-state index contributed by atoms with van der Waals surface area (Å²) in [5.41, 5.74) is 8.18. The monoisotopic (exact) mass is 359 g/mol. The third-order valence-electron chi connectivity index (χ3n) is 4.83. The Labute approximate surface area is 155 Å². The van der Waals surface area contributed by atoms with Crippen molar-refractivity contribution in [1.82, 2.24) is 9.55 Å². The van der Waals surface area contributed by atoms with Crippen LogP contribution in [0.15, 0.2) is 47.5 Å². The van der Waals surface area contributed by atoms with Crippen LogP contribution < -0.4 is 16.5 Å². The van der Waals surface area contributed by atoms with Crippen molar-refractivity contribution in [3.63, 3.8) is 0 Å². The summed E-state index contributed by atoms with van der Waals surface area (Å²) in [5.74, 6) is -0.243. The maximum absolute atomic E-state index is 12.2. The number of nitrogens with zero attached hydrogens (tertiary/aromatic N) is 3. The number of pyridine rings is 2. The molecule has 1 fully saturated rings. The van der Waals surface area contributed by atoms with E-state index in [0.717, 1.165) is 22.0 Å². The van der Waals surface area contributed by atoms with Gasteiger partial charge in [-0.2, -0.15) is 5.26 Å². The zero-order valence-corrected chi connectivity index (χ0v) is 14.6. The van der Waals surface area contributed by atoms with E-state index in [1.165, 1.54) is 6.07 Å². The van der Waals surface area contributed by atoms with Crippen LogP contribution in [0.1, 0.15) is 6.42 Å². The van der Waals surface area contributed by atoms with Gasteiger partial charge in [0.1, 0.15) is 5.82 Å². The Hall–Kier alpha value is -3.66. The smallest absolute Gasteiger partial charge is 0.230 e. The molecule has 27 heavy (non-hydrogen) atoms. The molecule has 7 heteroatoms. The number of nitrogens with one attached hydrogen (secondary N) is 1. The van der Waals surface area contributed by atoms with Gasteiger partial charge >= 0.3 is 0 Å². The van der Waals surface area contributed by atoms with Crippen LogP contribution in [-0.2, 0) is 11.8 Å². The number of nitrogens with two attached hydrogens (primary N) is 1. The minimum absolute atomic E-state index is 0.0825. The van der Waals surface area contributed by atoms with Gasteiger partial charge < -0.3 is 15.6 Å². The fourth-order valence-corrected chi connectivity index (χ4v) is 3.19. The van der Waals surface area contributed by atoms with Crippen LogP contribution in [-0.4, -0.2) is 15.5 Å². The molecule has 3 aromatic rings. The third-order valence-corrected chi connectivity index (χ3v) is 4.83. The van der Waals surface area contributed by atoms with Crippen molar-refractivity contribution in [2.75, 3.05) is 11.1 Å². The lowest BCUT2D eigenvalue weighted by Crippen LogP contribution is -2.15. The highest BCUT2D eigenvalue weighted by Crippen LogP contribution is 2.38. The number of hydrogen-bond acceptors (Lipinski definition) is 5. The first-order valence-electron chi connectivity index (χ1n) is 8.53. The van der Waals surface area contributed by atoms with Gasteiger partial charge in [-0.3, -0.25) is 9.59 Å². The summed E-state index contributed by atoms with van der Waals surface area (Å²) >= 11 is 0. The molecule has 7 nitrogen and oxygen atoms in total. The van der Waals surface area contributed by atoms with Gasteiger partial charge in [-0.1, -0.05) is 0 Å². The summed E-state index contributed by atoms with van der Waals surface area (Å²) in [6.45, 7) is 0. The molecule has 0 radical (unpaired) electrons. The highest BCUT2D eigenvalue weighted by atomic mass is 16.2. The van der Waals surface area contributed by atoms with Gasteiger partial charge in [0, 0.05) is 48.2 Å². The van der Waals surface area contributed by atoms with Crippen LogP contribution in [0, 0.1) is 23.2 Å². The number of nitriles is 1. The lowest BCUT2D eigenvalue weighted by atomic mass is 10.0. The van der Waals surface area contributed by atoms with Crippen molar-refractivity contribution in [1.29, 1.82) is 5.26 Å². The van der Waals surface area contributed by atoms with E-state index in [1.54, 1.807) is 30.6 Å². The zero-order valence-electron chi connectivity index (χ0n) is 14.6. The molecule has 1 aliphatic rings. The fraction of sp³-hybridized carbons (Fsp3) is 0.200. The van der Waals surface area contributed by atoms with Crippen LogP contribution in [0.5, 0.6) is 0 Å². The Bertz CT molecular complexity index is 1180. The Morgan fingerprint density at radius 2 is 2.19 bits per heavy atom. The molecule has 0 saturated heterocycles. The molecule has 134 valence electrons. The number of hydrogen-bond donors (Lipinski definition) is 2. The molecule has 3 N–H and O–H groups in total. The molecule has 0 aliphatic heterocycles. The molecule has 2 atom stereocenters. The molecule has 1 saturated carbocycles. The Balaban J connectivity index is 1.72. The van der Waals surface area contributed by atoms with E-state index < -0.39 is 0 Å². The predicted molar refractivity (Wildman–Crippen MR) is 103 cm³/mol. The first-order chi connectivity index (χ1) is 13.0. The van der Waals surface area contributed by atoms with Gasteiger partial charge in [0.2, 0.25) is 5.91 Å². The molecule has 0 spiro atoms. The molecule has 1 amide bonds. The van der Waals surface area contributed by atoms with E-state index in [-0.39, 0.29) is 23.2 Å². The number of amides is 1. The number of nitrogen functional groups attached to an aromatic ring is 1. The standard InChI is InChI=1S/C20H17N5O2/c1-25-3-2-14(26)8-18(25)12-4-11-7-19(23-10-16(11)17(22)6-12)24-20(27)15-5-13(15)9-21/h2-4,6-8,10,13,15H,5,22H2,1H3,(H,23,24,27)/t13-,15+/m0/s1. The van der Waals surface area contributed by atoms with Crippen LogP contribution in [0.25, 0.3) is 22.0 Å². The van der Waals surface area contributed by atoms with Crippen molar-refractivity contribution < 1.29 is 4.79 Å². The lowest BCUT2D eigenvalue weighted by molar-refractivity contribution is -0.117. The lowest BCUT2D eigenvalue weighted by Gasteiger charge is -2.12. The number of anilines is 2.